The van der Waals surface area contributed by atoms with Crippen molar-refractivity contribution in [1.29, 1.82) is 0 Å². The third-order valence-corrected chi connectivity index (χ3v) is 10.5. The molecule has 0 spiro atoms. The van der Waals surface area contributed by atoms with Crippen LogP contribution in [0.5, 0.6) is 0 Å². The molecule has 1 aliphatic carbocycles. The lowest BCUT2D eigenvalue weighted by Gasteiger charge is -2.52. The monoisotopic (exact) mass is 324 g/mol. The number of hydrogen-bond acceptors (Lipinski definition) is 3. The van der Waals surface area contributed by atoms with Crippen molar-refractivity contribution in [3.05, 3.63) is 11.6 Å². The van der Waals surface area contributed by atoms with Crippen LogP contribution < -0.4 is 0 Å². The Bertz CT molecular complexity index is 475. The Kier molecular flexibility index (Phi) is 4.67. The lowest BCUT2D eigenvalue weighted by molar-refractivity contribution is -0.157. The summed E-state index contributed by atoms with van der Waals surface area (Å²) in [5, 5.41) is 0.151. The van der Waals surface area contributed by atoms with Gasteiger partial charge in [-0.3, -0.25) is 0 Å². The maximum absolute atomic E-state index is 11.9. The molecule has 2 rings (SSSR count). The van der Waals surface area contributed by atoms with E-state index in [0.717, 1.165) is 24.8 Å². The van der Waals surface area contributed by atoms with Crippen LogP contribution in [0, 0.1) is 5.92 Å². The summed E-state index contributed by atoms with van der Waals surface area (Å²) in [5.41, 5.74) is 0.385. The van der Waals surface area contributed by atoms with Crippen molar-refractivity contribution in [1.82, 2.24) is 0 Å². The van der Waals surface area contributed by atoms with Crippen molar-refractivity contribution in [3.63, 3.8) is 0 Å². The molecule has 0 aromatic carbocycles. The van der Waals surface area contributed by atoms with E-state index in [2.05, 4.69) is 40.8 Å². The Balaban J connectivity index is 2.37. The summed E-state index contributed by atoms with van der Waals surface area (Å²) in [6.45, 7) is 15.5. The standard InChI is InChI=1S/C18H32O3Si/c1-13-12-15(20-16(13)19)18(11-9-8-10-14(18)2)21-22(6,7)17(3,4)5/h12,14-15H,8-11H2,1-7H3/t14-,15+,18+/m0/s1. The van der Waals surface area contributed by atoms with Gasteiger partial charge in [-0.2, -0.15) is 0 Å². The van der Waals surface area contributed by atoms with Gasteiger partial charge in [-0.15, -0.1) is 0 Å². The highest BCUT2D eigenvalue weighted by molar-refractivity contribution is 6.74. The molecule has 126 valence electrons. The number of cyclic esters (lactones) is 1. The molecule has 3 atom stereocenters. The topological polar surface area (TPSA) is 35.5 Å². The van der Waals surface area contributed by atoms with Crippen molar-refractivity contribution < 1.29 is 14.0 Å². The van der Waals surface area contributed by atoms with Crippen LogP contribution in [0.15, 0.2) is 11.6 Å². The van der Waals surface area contributed by atoms with E-state index in [1.807, 2.05) is 13.0 Å². The summed E-state index contributed by atoms with van der Waals surface area (Å²) in [6, 6.07) is 0. The number of esters is 1. The summed E-state index contributed by atoms with van der Waals surface area (Å²) in [6.07, 6.45) is 6.31. The third kappa shape index (κ3) is 3.05. The van der Waals surface area contributed by atoms with Gasteiger partial charge < -0.3 is 9.16 Å². The third-order valence-electron chi connectivity index (χ3n) is 5.98. The summed E-state index contributed by atoms with van der Waals surface area (Å²) in [7, 11) is -1.94. The second kappa shape index (κ2) is 5.79. The van der Waals surface area contributed by atoms with Crippen LogP contribution in [0.2, 0.25) is 18.1 Å². The fourth-order valence-electron chi connectivity index (χ4n) is 3.38. The molecule has 1 heterocycles. The second-order valence-electron chi connectivity index (χ2n) is 8.64. The smallest absolute Gasteiger partial charge is 0.334 e. The molecule has 0 N–H and O–H groups in total. The van der Waals surface area contributed by atoms with Crippen molar-refractivity contribution in [2.24, 2.45) is 5.92 Å². The SMILES string of the molecule is CC1=C[C@H]([C@@]2(O[Si](C)(C)C(C)(C)C)CCCC[C@@H]2C)OC1=O. The molecule has 4 heteroatoms. The van der Waals surface area contributed by atoms with Crippen LogP contribution in [0.25, 0.3) is 0 Å². The second-order valence-corrected chi connectivity index (χ2v) is 13.4. The van der Waals surface area contributed by atoms with Gasteiger partial charge in [0.15, 0.2) is 8.32 Å². The summed E-state index contributed by atoms with van der Waals surface area (Å²) >= 11 is 0. The van der Waals surface area contributed by atoms with E-state index in [1.165, 1.54) is 6.42 Å². The highest BCUT2D eigenvalue weighted by Crippen LogP contribution is 2.48. The summed E-state index contributed by atoms with van der Waals surface area (Å²) in [4.78, 5) is 11.9. The molecule has 2 aliphatic rings. The fourth-order valence-corrected chi connectivity index (χ4v) is 5.06. The lowest BCUT2D eigenvalue weighted by Crippen LogP contribution is -2.59. The van der Waals surface area contributed by atoms with Crippen LogP contribution in [0.1, 0.15) is 60.3 Å². The van der Waals surface area contributed by atoms with Crippen molar-refractivity contribution in [2.45, 2.75) is 90.1 Å². The number of ether oxygens (including phenoxy) is 1. The van der Waals surface area contributed by atoms with Crippen molar-refractivity contribution in [3.8, 4) is 0 Å². The molecule has 22 heavy (non-hydrogen) atoms. The fraction of sp³-hybridized carbons (Fsp3) is 0.833. The first-order chi connectivity index (χ1) is 9.99. The lowest BCUT2D eigenvalue weighted by atomic mass is 9.73. The van der Waals surface area contributed by atoms with Gasteiger partial charge in [0, 0.05) is 5.57 Å². The van der Waals surface area contributed by atoms with Gasteiger partial charge in [0.05, 0.1) is 5.60 Å². The molecule has 0 bridgehead atoms. The molecule has 0 aromatic heterocycles. The van der Waals surface area contributed by atoms with E-state index in [9.17, 15) is 4.79 Å². The van der Waals surface area contributed by atoms with Gasteiger partial charge in [-0.05, 0) is 49.9 Å². The minimum atomic E-state index is -1.94. The first-order valence-electron chi connectivity index (χ1n) is 8.59. The zero-order valence-corrected chi connectivity index (χ0v) is 16.3. The Labute approximate surface area is 136 Å². The molecule has 0 aromatic rings. The van der Waals surface area contributed by atoms with Gasteiger partial charge in [0.25, 0.3) is 0 Å². The quantitative estimate of drug-likeness (QED) is 0.551. The normalized spacial score (nSPS) is 33.6. The first-order valence-corrected chi connectivity index (χ1v) is 11.5. The maximum Gasteiger partial charge on any atom is 0.334 e. The Morgan fingerprint density at radius 3 is 2.41 bits per heavy atom. The van der Waals surface area contributed by atoms with Gasteiger partial charge >= 0.3 is 5.97 Å². The average Bonchev–Trinajstić information content (AvgIpc) is 2.71. The minimum Gasteiger partial charge on any atom is -0.452 e. The minimum absolute atomic E-state index is 0.151. The molecular weight excluding hydrogens is 292 g/mol. The molecule has 1 aliphatic heterocycles. The van der Waals surface area contributed by atoms with E-state index >= 15 is 0 Å². The van der Waals surface area contributed by atoms with E-state index in [0.29, 0.717) is 5.92 Å². The molecule has 0 radical (unpaired) electrons. The molecule has 0 amide bonds. The van der Waals surface area contributed by atoms with Crippen molar-refractivity contribution >= 4 is 14.3 Å². The largest absolute Gasteiger partial charge is 0.452 e. The maximum atomic E-state index is 11.9. The van der Waals surface area contributed by atoms with Crippen LogP contribution in [0.3, 0.4) is 0 Å². The van der Waals surface area contributed by atoms with Crippen LogP contribution in [-0.2, 0) is 14.0 Å². The Morgan fingerprint density at radius 2 is 1.95 bits per heavy atom. The van der Waals surface area contributed by atoms with Crippen LogP contribution >= 0.6 is 0 Å². The number of carbonyl (C=O) groups is 1. The molecule has 0 saturated heterocycles. The van der Waals surface area contributed by atoms with Gasteiger partial charge in [-0.25, -0.2) is 4.79 Å². The van der Waals surface area contributed by atoms with E-state index in [-0.39, 0.29) is 22.7 Å². The molecule has 1 fully saturated rings. The predicted octanol–water partition coefficient (Wildman–Crippen LogP) is 4.83. The van der Waals surface area contributed by atoms with E-state index in [1.54, 1.807) is 0 Å². The van der Waals surface area contributed by atoms with Crippen LogP contribution in [-0.4, -0.2) is 26.0 Å². The Hall–Kier alpha value is -0.613. The van der Waals surface area contributed by atoms with Crippen molar-refractivity contribution in [2.75, 3.05) is 0 Å². The zero-order chi connectivity index (χ0) is 16.8. The number of carbonyl (C=O) groups excluding carboxylic acids is 1. The van der Waals surface area contributed by atoms with Gasteiger partial charge in [-0.1, -0.05) is 40.5 Å². The van der Waals surface area contributed by atoms with Crippen LogP contribution in [0.4, 0.5) is 0 Å². The molecular formula is C18H32O3Si. The average molecular weight is 325 g/mol. The van der Waals surface area contributed by atoms with Gasteiger partial charge in [0.2, 0.25) is 0 Å². The highest BCUT2D eigenvalue weighted by Gasteiger charge is 2.54. The zero-order valence-electron chi connectivity index (χ0n) is 15.3. The van der Waals surface area contributed by atoms with E-state index < -0.39 is 8.32 Å². The number of rotatable bonds is 3. The van der Waals surface area contributed by atoms with Gasteiger partial charge in [0.1, 0.15) is 6.10 Å². The molecule has 0 unspecified atom stereocenters. The summed E-state index contributed by atoms with van der Waals surface area (Å²) in [5.74, 6) is 0.233. The predicted molar refractivity (Wildman–Crippen MR) is 92.3 cm³/mol. The summed E-state index contributed by atoms with van der Waals surface area (Å²) < 4.78 is 12.7. The highest BCUT2D eigenvalue weighted by atomic mass is 28.4. The molecule has 1 saturated carbocycles. The molecule has 3 nitrogen and oxygen atoms in total. The number of hydrogen-bond donors (Lipinski definition) is 0. The van der Waals surface area contributed by atoms with E-state index in [4.69, 9.17) is 9.16 Å². The first kappa shape index (κ1) is 17.7. The Morgan fingerprint density at radius 1 is 1.32 bits per heavy atom.